The first-order chi connectivity index (χ1) is 24.9. The first-order valence-electron chi connectivity index (χ1n) is 15.9. The van der Waals surface area contributed by atoms with Crippen molar-refractivity contribution >= 4 is 47.0 Å². The van der Waals surface area contributed by atoms with Crippen LogP contribution in [0.25, 0.3) is 0 Å². The number of benzene rings is 4. The van der Waals surface area contributed by atoms with Crippen LogP contribution in [0.4, 0.5) is 14.5 Å². The Hall–Kier alpha value is -5.80. The van der Waals surface area contributed by atoms with E-state index in [4.69, 9.17) is 10.5 Å². The molecule has 0 aromatic heterocycles. The summed E-state index contributed by atoms with van der Waals surface area (Å²) >= 11 is 1.23. The molecule has 52 heavy (non-hydrogen) atoms. The number of ether oxygens (including phenoxy) is 1. The van der Waals surface area contributed by atoms with Gasteiger partial charge in [0.2, 0.25) is 17.7 Å². The SMILES string of the molecule is NC(=O)C[C@H](NC(=O)[C@H](NC(=O)COc1ccc([C@@H]2[C@@H](SCC(O)c3ccc(F)cc3)C(=O)N2c2ccc(F)cc2)cc1)c1ccccc1)C(=O)O. The maximum Gasteiger partial charge on any atom is 0.326 e. The van der Waals surface area contributed by atoms with Gasteiger partial charge in [-0.15, -0.1) is 11.8 Å². The van der Waals surface area contributed by atoms with Gasteiger partial charge in [-0.25, -0.2) is 13.6 Å². The van der Waals surface area contributed by atoms with Crippen LogP contribution >= 0.6 is 11.8 Å². The van der Waals surface area contributed by atoms with Gasteiger partial charge in [-0.2, -0.15) is 0 Å². The Bertz CT molecular complexity index is 1900. The highest BCUT2D eigenvalue weighted by Gasteiger charge is 2.49. The van der Waals surface area contributed by atoms with Crippen molar-refractivity contribution in [2.45, 2.75) is 35.9 Å². The van der Waals surface area contributed by atoms with Gasteiger partial charge in [-0.3, -0.25) is 19.2 Å². The Labute approximate surface area is 301 Å². The molecule has 4 aromatic carbocycles. The Morgan fingerprint density at radius 3 is 2.06 bits per heavy atom. The number of rotatable bonds is 16. The minimum Gasteiger partial charge on any atom is -0.484 e. The molecule has 0 bridgehead atoms. The van der Waals surface area contributed by atoms with Crippen molar-refractivity contribution < 1.29 is 47.7 Å². The molecule has 0 saturated carbocycles. The van der Waals surface area contributed by atoms with Gasteiger partial charge in [0.1, 0.15) is 34.7 Å². The number of halogens is 2. The second kappa shape index (κ2) is 16.9. The van der Waals surface area contributed by atoms with Crippen molar-refractivity contribution in [2.24, 2.45) is 5.73 Å². The van der Waals surface area contributed by atoms with Crippen LogP contribution in [-0.4, -0.2) is 63.5 Å². The molecule has 12 nitrogen and oxygen atoms in total. The van der Waals surface area contributed by atoms with Crippen LogP contribution in [0.3, 0.4) is 0 Å². The van der Waals surface area contributed by atoms with Crippen LogP contribution in [0, 0.1) is 11.6 Å². The molecule has 0 aliphatic carbocycles. The molecule has 5 rings (SSSR count). The topological polar surface area (TPSA) is 188 Å². The number of aliphatic hydroxyl groups is 1. The van der Waals surface area contributed by atoms with Crippen molar-refractivity contribution in [3.8, 4) is 5.75 Å². The molecule has 5 atom stereocenters. The summed E-state index contributed by atoms with van der Waals surface area (Å²) in [5.74, 6) is -4.71. The van der Waals surface area contributed by atoms with Crippen molar-refractivity contribution in [1.82, 2.24) is 10.6 Å². The number of anilines is 1. The number of aliphatic hydroxyl groups excluding tert-OH is 1. The monoisotopic (exact) mass is 732 g/mol. The van der Waals surface area contributed by atoms with Gasteiger partial charge < -0.3 is 36.2 Å². The lowest BCUT2D eigenvalue weighted by molar-refractivity contribution is -0.143. The zero-order valence-electron chi connectivity index (χ0n) is 27.4. The van der Waals surface area contributed by atoms with Gasteiger partial charge in [0.25, 0.3) is 5.91 Å². The average Bonchev–Trinajstić information content (AvgIpc) is 3.13. The lowest BCUT2D eigenvalue weighted by Crippen LogP contribution is -2.57. The van der Waals surface area contributed by atoms with E-state index in [0.717, 1.165) is 0 Å². The molecule has 1 saturated heterocycles. The molecule has 1 aliphatic heterocycles. The fourth-order valence-electron chi connectivity index (χ4n) is 5.53. The number of aliphatic carboxylic acids is 1. The Balaban J connectivity index is 1.26. The third kappa shape index (κ3) is 9.30. The molecule has 15 heteroatoms. The Kier molecular flexibility index (Phi) is 12.2. The molecule has 1 fully saturated rings. The fourth-order valence-corrected chi connectivity index (χ4v) is 6.83. The van der Waals surface area contributed by atoms with Gasteiger partial charge in [0.15, 0.2) is 6.61 Å². The first kappa shape index (κ1) is 37.5. The normalized spacial score (nSPS) is 16.9. The van der Waals surface area contributed by atoms with E-state index < -0.39 is 77.8 Å². The number of nitrogens with zero attached hydrogens (tertiary/aromatic N) is 1. The number of carboxylic acids is 1. The summed E-state index contributed by atoms with van der Waals surface area (Å²) in [5, 5.41) is 24.3. The van der Waals surface area contributed by atoms with E-state index in [1.165, 1.54) is 65.2 Å². The standard InChI is InChI=1S/C37H34F2N4O8S/c38-24-10-6-21(7-11-24)29(44)20-52-34-33(43(36(34)48)26-14-12-25(39)13-15-26)23-8-16-27(17-9-23)51-19-31(46)42-32(22-4-2-1-3-5-22)35(47)41-28(37(49)50)18-30(40)45/h1-17,28-29,32-34,44H,18-20H2,(H2,40,45)(H,41,47)(H,42,46)(H,49,50)/t28-,29?,32+,33+,34+/m0/s1. The minimum absolute atomic E-state index is 0.149. The summed E-state index contributed by atoms with van der Waals surface area (Å²) in [6.07, 6.45) is -1.61. The van der Waals surface area contributed by atoms with E-state index in [0.29, 0.717) is 22.4 Å². The van der Waals surface area contributed by atoms with Crippen LogP contribution in [0.5, 0.6) is 5.75 Å². The zero-order valence-corrected chi connectivity index (χ0v) is 28.2. The lowest BCUT2D eigenvalue weighted by atomic mass is 9.92. The number of carboxylic acid groups (broad SMARTS) is 1. The lowest BCUT2D eigenvalue weighted by Gasteiger charge is -2.47. The highest BCUT2D eigenvalue weighted by molar-refractivity contribution is 8.00. The number of amides is 4. The van der Waals surface area contributed by atoms with Crippen LogP contribution in [0.15, 0.2) is 103 Å². The Morgan fingerprint density at radius 2 is 1.46 bits per heavy atom. The number of primary amides is 1. The molecule has 270 valence electrons. The molecule has 0 radical (unpaired) electrons. The first-order valence-corrected chi connectivity index (χ1v) is 17.0. The van der Waals surface area contributed by atoms with E-state index >= 15 is 0 Å². The van der Waals surface area contributed by atoms with Gasteiger partial charge in [0, 0.05) is 11.4 Å². The summed E-state index contributed by atoms with van der Waals surface area (Å²) in [7, 11) is 0. The summed E-state index contributed by atoms with van der Waals surface area (Å²) < 4.78 is 32.7. The van der Waals surface area contributed by atoms with Crippen molar-refractivity contribution in [1.29, 1.82) is 0 Å². The number of hydrogen-bond donors (Lipinski definition) is 5. The molecule has 1 aliphatic rings. The van der Waals surface area contributed by atoms with Gasteiger partial charge in [-0.05, 0) is 65.2 Å². The number of hydrogen-bond acceptors (Lipinski definition) is 8. The van der Waals surface area contributed by atoms with Crippen molar-refractivity contribution in [3.05, 3.63) is 131 Å². The second-order valence-corrected chi connectivity index (χ2v) is 13.0. The number of nitrogens with two attached hydrogens (primary N) is 1. The van der Waals surface area contributed by atoms with Crippen LogP contribution < -0.4 is 26.0 Å². The predicted octanol–water partition coefficient (Wildman–Crippen LogP) is 3.57. The maximum atomic E-state index is 13.7. The van der Waals surface area contributed by atoms with E-state index in [2.05, 4.69) is 10.6 Å². The van der Waals surface area contributed by atoms with E-state index in [9.17, 15) is 43.0 Å². The van der Waals surface area contributed by atoms with Gasteiger partial charge >= 0.3 is 5.97 Å². The van der Waals surface area contributed by atoms with Gasteiger partial charge in [0.05, 0.1) is 18.6 Å². The molecule has 1 unspecified atom stereocenters. The van der Waals surface area contributed by atoms with Crippen LogP contribution in [-0.2, 0) is 24.0 Å². The molecular formula is C37H34F2N4O8S. The molecular weight excluding hydrogens is 698 g/mol. The largest absolute Gasteiger partial charge is 0.484 e. The molecule has 1 heterocycles. The molecule has 4 amide bonds. The number of β-lactam (4-membered cyclic amide) rings is 1. The van der Waals surface area contributed by atoms with E-state index in [1.54, 1.807) is 54.6 Å². The summed E-state index contributed by atoms with van der Waals surface area (Å²) in [5.41, 5.74) is 7.14. The average molecular weight is 733 g/mol. The second-order valence-electron chi connectivity index (χ2n) is 11.8. The van der Waals surface area contributed by atoms with Crippen molar-refractivity contribution in [3.63, 3.8) is 0 Å². The summed E-state index contributed by atoms with van der Waals surface area (Å²) in [4.78, 5) is 63.9. The van der Waals surface area contributed by atoms with E-state index in [-0.39, 0.29) is 17.4 Å². The summed E-state index contributed by atoms with van der Waals surface area (Å²) in [6.45, 7) is -0.525. The third-order valence-electron chi connectivity index (χ3n) is 8.15. The number of nitrogens with one attached hydrogen (secondary N) is 2. The summed E-state index contributed by atoms with van der Waals surface area (Å²) in [6, 6.07) is 22.1. The highest BCUT2D eigenvalue weighted by atomic mass is 32.2. The van der Waals surface area contributed by atoms with Gasteiger partial charge in [-0.1, -0.05) is 54.6 Å². The quantitative estimate of drug-likeness (QED) is 0.107. The minimum atomic E-state index is -1.61. The fraction of sp³-hybridized carbons (Fsp3) is 0.216. The van der Waals surface area contributed by atoms with E-state index in [1.807, 2.05) is 0 Å². The Morgan fingerprint density at radius 1 is 0.846 bits per heavy atom. The third-order valence-corrected chi connectivity index (χ3v) is 9.48. The highest BCUT2D eigenvalue weighted by Crippen LogP contribution is 2.46. The maximum absolute atomic E-state index is 13.7. The van der Waals surface area contributed by atoms with Crippen LogP contribution in [0.1, 0.15) is 41.3 Å². The molecule has 0 spiro atoms. The van der Waals surface area contributed by atoms with Crippen LogP contribution in [0.2, 0.25) is 0 Å². The smallest absolute Gasteiger partial charge is 0.326 e. The predicted molar refractivity (Wildman–Crippen MR) is 187 cm³/mol. The number of carbonyl (C=O) groups excluding carboxylic acids is 4. The number of carbonyl (C=O) groups is 5. The molecule has 6 N–H and O–H groups in total. The van der Waals surface area contributed by atoms with Crippen molar-refractivity contribution in [2.75, 3.05) is 17.3 Å². The number of thioether (sulfide) groups is 1. The zero-order chi connectivity index (χ0) is 37.4. The molecule has 4 aromatic rings.